The first kappa shape index (κ1) is 17.0. The van der Waals surface area contributed by atoms with Gasteiger partial charge in [0.05, 0.1) is 15.9 Å². The molecule has 0 radical (unpaired) electrons. The molecule has 1 aromatic rings. The third-order valence-corrected chi connectivity index (χ3v) is 5.65. The highest BCUT2D eigenvalue weighted by Gasteiger charge is 2.28. The van der Waals surface area contributed by atoms with Gasteiger partial charge in [0.25, 0.3) is 0 Å². The van der Waals surface area contributed by atoms with Gasteiger partial charge in [0.15, 0.2) is 0 Å². The summed E-state index contributed by atoms with van der Waals surface area (Å²) in [5, 5.41) is 8.33. The fourth-order valence-corrected chi connectivity index (χ4v) is 3.71. The second kappa shape index (κ2) is 7.25. The Morgan fingerprint density at radius 2 is 1.95 bits per heavy atom. The van der Waals surface area contributed by atoms with Crippen LogP contribution in [0.1, 0.15) is 45.0 Å². The molecule has 1 aliphatic rings. The molecule has 1 fully saturated rings. The molecule has 120 valence electrons. The largest absolute Gasteiger partial charge is 0.311 e. The summed E-state index contributed by atoms with van der Waals surface area (Å²) in [4.78, 5) is 2.43. The molecule has 2 rings (SSSR count). The molecular weight excluding hydrogens is 328 g/mol. The highest BCUT2D eigenvalue weighted by atomic mass is 79.9. The lowest BCUT2D eigenvalue weighted by atomic mass is 9.80. The standard InChI is InChI=1S/C16H29BrN4/c1-5-13-15(17)14(21(6-2)19-13)11-18-12-16(3)7-9-20(4)10-8-16/h18H,5-12H2,1-4H3. The van der Waals surface area contributed by atoms with Crippen molar-refractivity contribution >= 4 is 15.9 Å². The summed E-state index contributed by atoms with van der Waals surface area (Å²) < 4.78 is 3.31. The van der Waals surface area contributed by atoms with E-state index < -0.39 is 0 Å². The molecule has 0 amide bonds. The first-order valence-electron chi connectivity index (χ1n) is 8.12. The van der Waals surface area contributed by atoms with Crippen LogP contribution in [0.15, 0.2) is 4.47 Å². The van der Waals surface area contributed by atoms with E-state index >= 15 is 0 Å². The van der Waals surface area contributed by atoms with Gasteiger partial charge in [0.1, 0.15) is 0 Å². The summed E-state index contributed by atoms with van der Waals surface area (Å²) in [5.74, 6) is 0. The van der Waals surface area contributed by atoms with Crippen molar-refractivity contribution < 1.29 is 0 Å². The van der Waals surface area contributed by atoms with Gasteiger partial charge in [-0.05, 0) is 67.7 Å². The van der Waals surface area contributed by atoms with Crippen LogP contribution >= 0.6 is 15.9 Å². The van der Waals surface area contributed by atoms with Crippen molar-refractivity contribution in [3.8, 4) is 0 Å². The van der Waals surface area contributed by atoms with Crippen molar-refractivity contribution in [1.29, 1.82) is 0 Å². The lowest BCUT2D eigenvalue weighted by Crippen LogP contribution is -2.42. The molecule has 1 N–H and O–H groups in total. The normalized spacial score (nSPS) is 19.1. The summed E-state index contributed by atoms with van der Waals surface area (Å²) in [6.07, 6.45) is 3.54. The Labute approximate surface area is 137 Å². The van der Waals surface area contributed by atoms with E-state index in [4.69, 9.17) is 0 Å². The number of likely N-dealkylation sites (tertiary alicyclic amines) is 1. The van der Waals surface area contributed by atoms with Crippen molar-refractivity contribution in [2.75, 3.05) is 26.7 Å². The SMILES string of the molecule is CCc1nn(CC)c(CNCC2(C)CCN(C)CC2)c1Br. The average Bonchev–Trinajstić information content (AvgIpc) is 2.79. The number of piperidine rings is 1. The van der Waals surface area contributed by atoms with Crippen molar-refractivity contribution in [2.45, 2.75) is 53.1 Å². The van der Waals surface area contributed by atoms with E-state index in [1.807, 2.05) is 0 Å². The Balaban J connectivity index is 1.93. The Morgan fingerprint density at radius 3 is 2.52 bits per heavy atom. The second-order valence-corrected chi connectivity index (χ2v) is 7.39. The fraction of sp³-hybridized carbons (Fsp3) is 0.812. The number of rotatable bonds is 6. The smallest absolute Gasteiger partial charge is 0.0767 e. The van der Waals surface area contributed by atoms with Gasteiger partial charge >= 0.3 is 0 Å². The minimum atomic E-state index is 0.434. The zero-order valence-electron chi connectivity index (χ0n) is 13.9. The van der Waals surface area contributed by atoms with E-state index in [0.29, 0.717) is 5.41 Å². The van der Waals surface area contributed by atoms with Crippen LogP contribution in [0, 0.1) is 5.41 Å². The molecule has 21 heavy (non-hydrogen) atoms. The molecular formula is C16H29BrN4. The van der Waals surface area contributed by atoms with Crippen LogP contribution in [-0.4, -0.2) is 41.4 Å². The molecule has 1 aromatic heterocycles. The van der Waals surface area contributed by atoms with Crippen molar-refractivity contribution in [3.05, 3.63) is 15.9 Å². The molecule has 5 heteroatoms. The molecule has 1 saturated heterocycles. The van der Waals surface area contributed by atoms with Gasteiger partial charge in [-0.3, -0.25) is 4.68 Å². The molecule has 0 atom stereocenters. The zero-order chi connectivity index (χ0) is 15.5. The third-order valence-electron chi connectivity index (χ3n) is 4.73. The van der Waals surface area contributed by atoms with Crippen LogP contribution in [-0.2, 0) is 19.5 Å². The van der Waals surface area contributed by atoms with Crippen molar-refractivity contribution in [2.24, 2.45) is 5.41 Å². The highest BCUT2D eigenvalue weighted by Crippen LogP contribution is 2.30. The minimum Gasteiger partial charge on any atom is -0.311 e. The van der Waals surface area contributed by atoms with Gasteiger partial charge in [-0.1, -0.05) is 13.8 Å². The second-order valence-electron chi connectivity index (χ2n) is 6.59. The van der Waals surface area contributed by atoms with Crippen LogP contribution in [0.25, 0.3) is 0 Å². The molecule has 0 unspecified atom stereocenters. The Kier molecular flexibility index (Phi) is 5.86. The third kappa shape index (κ3) is 4.08. The van der Waals surface area contributed by atoms with Crippen LogP contribution in [0.3, 0.4) is 0 Å². The minimum absolute atomic E-state index is 0.434. The Bertz CT molecular complexity index is 461. The van der Waals surface area contributed by atoms with Gasteiger partial charge < -0.3 is 10.2 Å². The van der Waals surface area contributed by atoms with E-state index in [1.54, 1.807) is 0 Å². The maximum Gasteiger partial charge on any atom is 0.0767 e. The van der Waals surface area contributed by atoms with E-state index in [9.17, 15) is 0 Å². The maximum atomic E-state index is 4.66. The number of aromatic nitrogens is 2. The number of nitrogens with zero attached hydrogens (tertiary/aromatic N) is 3. The summed E-state index contributed by atoms with van der Waals surface area (Å²) in [6, 6.07) is 0. The van der Waals surface area contributed by atoms with E-state index in [-0.39, 0.29) is 0 Å². The Hall–Kier alpha value is -0.390. The highest BCUT2D eigenvalue weighted by molar-refractivity contribution is 9.10. The van der Waals surface area contributed by atoms with Gasteiger partial charge in [-0.2, -0.15) is 5.10 Å². The molecule has 1 aliphatic heterocycles. The molecule has 0 bridgehead atoms. The maximum absolute atomic E-state index is 4.66. The lowest BCUT2D eigenvalue weighted by molar-refractivity contribution is 0.136. The van der Waals surface area contributed by atoms with Crippen LogP contribution in [0.2, 0.25) is 0 Å². The number of halogens is 1. The van der Waals surface area contributed by atoms with Crippen LogP contribution in [0.4, 0.5) is 0 Å². The van der Waals surface area contributed by atoms with E-state index in [0.717, 1.165) is 26.1 Å². The van der Waals surface area contributed by atoms with Gasteiger partial charge in [0.2, 0.25) is 0 Å². The summed E-state index contributed by atoms with van der Waals surface area (Å²) in [6.45, 7) is 12.1. The molecule has 0 saturated carbocycles. The van der Waals surface area contributed by atoms with Crippen LogP contribution in [0.5, 0.6) is 0 Å². The number of hydrogen-bond donors (Lipinski definition) is 1. The number of nitrogens with one attached hydrogen (secondary N) is 1. The predicted octanol–water partition coefficient (Wildman–Crippen LogP) is 3.05. The molecule has 0 aromatic carbocycles. The lowest BCUT2D eigenvalue weighted by Gasteiger charge is -2.38. The first-order chi connectivity index (χ1) is 9.99. The zero-order valence-corrected chi connectivity index (χ0v) is 15.5. The molecule has 2 heterocycles. The average molecular weight is 357 g/mol. The summed E-state index contributed by atoms with van der Waals surface area (Å²) in [5.41, 5.74) is 2.88. The summed E-state index contributed by atoms with van der Waals surface area (Å²) in [7, 11) is 2.22. The van der Waals surface area contributed by atoms with E-state index in [2.05, 4.69) is 63.7 Å². The Morgan fingerprint density at radius 1 is 1.29 bits per heavy atom. The van der Waals surface area contributed by atoms with Gasteiger partial charge in [-0.15, -0.1) is 0 Å². The number of hydrogen-bond acceptors (Lipinski definition) is 3. The topological polar surface area (TPSA) is 33.1 Å². The molecule has 4 nitrogen and oxygen atoms in total. The monoisotopic (exact) mass is 356 g/mol. The summed E-state index contributed by atoms with van der Waals surface area (Å²) >= 11 is 3.72. The first-order valence-corrected chi connectivity index (χ1v) is 8.91. The van der Waals surface area contributed by atoms with Gasteiger partial charge in [-0.25, -0.2) is 0 Å². The van der Waals surface area contributed by atoms with E-state index in [1.165, 1.54) is 41.8 Å². The molecule has 0 aliphatic carbocycles. The van der Waals surface area contributed by atoms with Crippen molar-refractivity contribution in [3.63, 3.8) is 0 Å². The van der Waals surface area contributed by atoms with Gasteiger partial charge in [0, 0.05) is 19.6 Å². The quantitative estimate of drug-likeness (QED) is 0.850. The fourth-order valence-electron chi connectivity index (χ4n) is 3.00. The van der Waals surface area contributed by atoms with Crippen molar-refractivity contribution in [1.82, 2.24) is 20.0 Å². The van der Waals surface area contributed by atoms with Crippen LogP contribution < -0.4 is 5.32 Å². The molecule has 0 spiro atoms. The number of aryl methyl sites for hydroxylation is 2. The predicted molar refractivity (Wildman–Crippen MR) is 91.5 cm³/mol.